The summed E-state index contributed by atoms with van der Waals surface area (Å²) in [6.45, 7) is 5.77. The minimum absolute atomic E-state index is 0.255. The van der Waals surface area contributed by atoms with Gasteiger partial charge in [0, 0.05) is 17.1 Å². The van der Waals surface area contributed by atoms with E-state index < -0.39 is 17.6 Å². The number of allylic oxidation sites excluding steroid dienone is 1. The fraction of sp³-hybridized carbons (Fsp3) is 0.154. The van der Waals surface area contributed by atoms with Crippen LogP contribution in [-0.4, -0.2) is 30.1 Å². The highest BCUT2D eigenvalue weighted by Crippen LogP contribution is 2.35. The lowest BCUT2D eigenvalue weighted by atomic mass is 9.96. The van der Waals surface area contributed by atoms with E-state index in [1.54, 1.807) is 42.2 Å². The first kappa shape index (κ1) is 23.0. The molecule has 0 saturated heterocycles. The molecular weight excluding hydrogens is 486 g/mol. The summed E-state index contributed by atoms with van der Waals surface area (Å²) in [6, 6.07) is 13.5. The molecule has 0 bridgehead atoms. The number of esters is 1. The third-order valence-electron chi connectivity index (χ3n) is 6.05. The third-order valence-corrected chi connectivity index (χ3v) is 7.36. The van der Waals surface area contributed by atoms with Gasteiger partial charge in [-0.15, -0.1) is 6.58 Å². The average Bonchev–Trinajstić information content (AvgIpc) is 3.31. The van der Waals surface area contributed by atoms with Crippen molar-refractivity contribution in [1.29, 1.82) is 0 Å². The molecule has 5 rings (SSSR count). The number of carbonyl (C=O) groups excluding carboxylic acids is 2. The van der Waals surface area contributed by atoms with Crippen LogP contribution in [0.3, 0.4) is 0 Å². The first-order valence-corrected chi connectivity index (χ1v) is 12.0. The summed E-state index contributed by atoms with van der Waals surface area (Å²) in [5, 5.41) is 0.527. The predicted molar refractivity (Wildman–Crippen MR) is 135 cm³/mol. The quantitative estimate of drug-likeness (QED) is 0.403. The molecule has 1 unspecified atom stereocenters. The SMILES string of the molecule is C=CCN1C(=O)C(=c2sc3n(c2=O)C(c2ccc(Cl)cc2)C(C(=O)OC)=C(C)N=3)c2ccccc21. The summed E-state index contributed by atoms with van der Waals surface area (Å²) in [5.41, 5.74) is 2.69. The van der Waals surface area contributed by atoms with Crippen LogP contribution in [0, 0.1) is 0 Å². The smallest absolute Gasteiger partial charge is 0.338 e. The Morgan fingerprint density at radius 3 is 2.60 bits per heavy atom. The summed E-state index contributed by atoms with van der Waals surface area (Å²) < 4.78 is 6.76. The van der Waals surface area contributed by atoms with Crippen LogP contribution >= 0.6 is 22.9 Å². The second kappa shape index (κ2) is 8.79. The standard InChI is InChI=1S/C26H20ClN3O4S/c1-4-13-29-18-8-6-5-7-17(18)20(23(29)31)22-24(32)30-21(15-9-11-16(27)12-10-15)19(25(33)34-3)14(2)28-26(30)35-22/h4-12,21H,1,13H2,2-3H3. The van der Waals surface area contributed by atoms with E-state index in [9.17, 15) is 14.4 Å². The molecule has 1 aromatic heterocycles. The van der Waals surface area contributed by atoms with Crippen LogP contribution in [0.25, 0.3) is 5.57 Å². The number of hydrogen-bond acceptors (Lipinski definition) is 6. The first-order chi connectivity index (χ1) is 16.9. The van der Waals surface area contributed by atoms with E-state index in [1.165, 1.54) is 11.7 Å². The number of fused-ring (bicyclic) bond motifs is 2. The zero-order valence-electron chi connectivity index (χ0n) is 18.9. The molecule has 0 spiro atoms. The molecule has 176 valence electrons. The summed E-state index contributed by atoms with van der Waals surface area (Å²) in [4.78, 5) is 46.7. The van der Waals surface area contributed by atoms with Gasteiger partial charge in [-0.2, -0.15) is 0 Å². The highest BCUT2D eigenvalue weighted by molar-refractivity contribution is 7.07. The van der Waals surface area contributed by atoms with Gasteiger partial charge in [-0.3, -0.25) is 14.2 Å². The summed E-state index contributed by atoms with van der Waals surface area (Å²) in [6.07, 6.45) is 1.64. The molecule has 0 radical (unpaired) electrons. The van der Waals surface area contributed by atoms with Crippen LogP contribution < -0.4 is 19.8 Å². The van der Waals surface area contributed by atoms with Gasteiger partial charge in [-0.05, 0) is 30.7 Å². The number of halogens is 1. The second-order valence-electron chi connectivity index (χ2n) is 8.04. The Balaban J connectivity index is 1.83. The minimum atomic E-state index is -0.777. The number of ether oxygens (including phenoxy) is 1. The summed E-state index contributed by atoms with van der Waals surface area (Å²) >= 11 is 7.22. The molecule has 0 N–H and O–H groups in total. The van der Waals surface area contributed by atoms with Gasteiger partial charge in [0.2, 0.25) is 0 Å². The van der Waals surface area contributed by atoms with Gasteiger partial charge in [0.15, 0.2) is 4.80 Å². The van der Waals surface area contributed by atoms with E-state index in [4.69, 9.17) is 16.3 Å². The zero-order valence-corrected chi connectivity index (χ0v) is 20.5. The fourth-order valence-electron chi connectivity index (χ4n) is 4.51. The Morgan fingerprint density at radius 2 is 1.91 bits per heavy atom. The monoisotopic (exact) mass is 505 g/mol. The van der Waals surface area contributed by atoms with Crippen molar-refractivity contribution < 1.29 is 14.3 Å². The van der Waals surface area contributed by atoms with E-state index in [2.05, 4.69) is 11.6 Å². The lowest BCUT2D eigenvalue weighted by Crippen LogP contribution is -2.40. The van der Waals surface area contributed by atoms with Crippen molar-refractivity contribution in [3.05, 3.63) is 108 Å². The van der Waals surface area contributed by atoms with E-state index in [-0.39, 0.29) is 16.0 Å². The molecule has 2 aliphatic rings. The number of para-hydroxylation sites is 1. The Bertz CT molecular complexity index is 1620. The van der Waals surface area contributed by atoms with Gasteiger partial charge >= 0.3 is 5.97 Å². The minimum Gasteiger partial charge on any atom is -0.466 e. The van der Waals surface area contributed by atoms with Crippen LogP contribution in [0.2, 0.25) is 5.02 Å². The second-order valence-corrected chi connectivity index (χ2v) is 9.46. The Morgan fingerprint density at radius 1 is 1.20 bits per heavy atom. The maximum Gasteiger partial charge on any atom is 0.338 e. The van der Waals surface area contributed by atoms with Crippen LogP contribution in [0.1, 0.15) is 24.1 Å². The van der Waals surface area contributed by atoms with Gasteiger partial charge in [-0.25, -0.2) is 9.79 Å². The Hall–Kier alpha value is -3.75. The van der Waals surface area contributed by atoms with Crippen LogP contribution in [0.5, 0.6) is 0 Å². The van der Waals surface area contributed by atoms with Crippen LogP contribution in [0.15, 0.2) is 82.2 Å². The molecule has 0 fully saturated rings. The van der Waals surface area contributed by atoms with Crippen LogP contribution in [0.4, 0.5) is 5.69 Å². The maximum absolute atomic E-state index is 13.9. The van der Waals surface area contributed by atoms with Crippen molar-refractivity contribution in [2.45, 2.75) is 13.0 Å². The van der Waals surface area contributed by atoms with Crippen molar-refractivity contribution in [3.8, 4) is 0 Å². The van der Waals surface area contributed by atoms with Gasteiger partial charge in [0.05, 0.1) is 35.7 Å². The largest absolute Gasteiger partial charge is 0.466 e. The maximum atomic E-state index is 13.9. The molecule has 35 heavy (non-hydrogen) atoms. The molecule has 1 atom stereocenters. The number of anilines is 1. The summed E-state index contributed by atoms with van der Waals surface area (Å²) in [7, 11) is 1.29. The molecule has 3 aromatic rings. The molecule has 0 aliphatic carbocycles. The average molecular weight is 506 g/mol. The van der Waals surface area contributed by atoms with Crippen molar-refractivity contribution in [2.24, 2.45) is 4.99 Å². The molecule has 2 aliphatic heterocycles. The number of methoxy groups -OCH3 is 1. The zero-order chi connectivity index (χ0) is 24.9. The summed E-state index contributed by atoms with van der Waals surface area (Å²) in [5.74, 6) is -0.855. The van der Waals surface area contributed by atoms with E-state index >= 15 is 0 Å². The lowest BCUT2D eigenvalue weighted by molar-refractivity contribution is -0.136. The number of nitrogens with zero attached hydrogens (tertiary/aromatic N) is 3. The molecule has 1 amide bonds. The van der Waals surface area contributed by atoms with Crippen molar-refractivity contribution >= 4 is 46.1 Å². The molecule has 3 heterocycles. The van der Waals surface area contributed by atoms with Crippen molar-refractivity contribution in [1.82, 2.24) is 4.57 Å². The fourth-order valence-corrected chi connectivity index (χ4v) is 5.78. The number of rotatable bonds is 4. The number of benzene rings is 2. The van der Waals surface area contributed by atoms with Gasteiger partial charge in [0.25, 0.3) is 11.5 Å². The predicted octanol–water partition coefficient (Wildman–Crippen LogP) is 2.96. The molecule has 7 nitrogen and oxygen atoms in total. The van der Waals surface area contributed by atoms with Gasteiger partial charge in [-0.1, -0.05) is 59.3 Å². The molecular formula is C26H20ClN3O4S. The van der Waals surface area contributed by atoms with E-state index in [0.717, 1.165) is 17.0 Å². The molecule has 0 saturated carbocycles. The third kappa shape index (κ3) is 3.57. The number of thiazole rings is 1. The first-order valence-electron chi connectivity index (χ1n) is 10.8. The van der Waals surface area contributed by atoms with E-state index in [0.29, 0.717) is 38.8 Å². The number of hydrogen-bond donors (Lipinski definition) is 0. The topological polar surface area (TPSA) is 81.0 Å². The van der Waals surface area contributed by atoms with Gasteiger partial charge < -0.3 is 9.64 Å². The Labute approximate surface area is 209 Å². The van der Waals surface area contributed by atoms with Crippen molar-refractivity contribution in [3.63, 3.8) is 0 Å². The lowest BCUT2D eigenvalue weighted by Gasteiger charge is -2.24. The highest BCUT2D eigenvalue weighted by Gasteiger charge is 2.36. The Kier molecular flexibility index (Phi) is 5.78. The van der Waals surface area contributed by atoms with Crippen molar-refractivity contribution in [2.75, 3.05) is 18.6 Å². The normalized spacial score (nSPS) is 18.2. The molecule has 9 heteroatoms. The highest BCUT2D eigenvalue weighted by atomic mass is 35.5. The number of amides is 1. The number of aromatic nitrogens is 1. The van der Waals surface area contributed by atoms with Gasteiger partial charge in [0.1, 0.15) is 4.53 Å². The molecule has 2 aromatic carbocycles. The van der Waals surface area contributed by atoms with E-state index in [1.807, 2.05) is 24.3 Å². The number of carbonyl (C=O) groups is 2. The van der Waals surface area contributed by atoms with Crippen LogP contribution in [-0.2, 0) is 14.3 Å².